The Kier molecular flexibility index (Phi) is 3.29. The molecule has 1 aromatic carbocycles. The quantitative estimate of drug-likeness (QED) is 0.647. The van der Waals surface area contributed by atoms with Crippen LogP contribution in [-0.4, -0.2) is 11.3 Å². The first-order valence-electron chi connectivity index (χ1n) is 4.74. The minimum atomic E-state index is -4.83. The van der Waals surface area contributed by atoms with Crippen LogP contribution < -0.4 is 5.73 Å². The third-order valence-electron chi connectivity index (χ3n) is 2.12. The molecule has 0 aromatic heterocycles. The fourth-order valence-electron chi connectivity index (χ4n) is 1.26. The number of carbonyl (C=O) groups is 1. The van der Waals surface area contributed by atoms with E-state index in [1.54, 1.807) is 0 Å². The second-order valence-corrected chi connectivity index (χ2v) is 4.24. The highest BCUT2D eigenvalue weighted by atomic mass is 19.4. The van der Waals surface area contributed by atoms with Crippen molar-refractivity contribution in [3.63, 3.8) is 0 Å². The van der Waals surface area contributed by atoms with Crippen LogP contribution in [-0.2, 0) is 6.18 Å². The van der Waals surface area contributed by atoms with E-state index >= 15 is 0 Å². The lowest BCUT2D eigenvalue weighted by atomic mass is 9.93. The topological polar surface area (TPSA) is 43.1 Å². The normalized spacial score (nSPS) is 12.6. The van der Waals surface area contributed by atoms with E-state index in [0.717, 1.165) is 6.07 Å². The summed E-state index contributed by atoms with van der Waals surface area (Å²) < 4.78 is 50.2. The van der Waals surface area contributed by atoms with Crippen LogP contribution in [0.15, 0.2) is 18.2 Å². The Morgan fingerprint density at radius 2 is 1.76 bits per heavy atom. The molecule has 0 unspecified atom stereocenters. The van der Waals surface area contributed by atoms with E-state index in [1.165, 1.54) is 13.8 Å². The summed E-state index contributed by atoms with van der Waals surface area (Å²) >= 11 is 0. The summed E-state index contributed by atoms with van der Waals surface area (Å²) in [4.78, 5) is 11.6. The van der Waals surface area contributed by atoms with Crippen molar-refractivity contribution in [2.24, 2.45) is 5.73 Å². The van der Waals surface area contributed by atoms with Gasteiger partial charge in [0.15, 0.2) is 5.78 Å². The van der Waals surface area contributed by atoms with Crippen LogP contribution in [0.4, 0.5) is 17.6 Å². The molecule has 1 rings (SSSR count). The van der Waals surface area contributed by atoms with E-state index in [-0.39, 0.29) is 5.56 Å². The third kappa shape index (κ3) is 3.03. The molecule has 94 valence electrons. The van der Waals surface area contributed by atoms with Crippen molar-refractivity contribution in [3.05, 3.63) is 35.1 Å². The fourth-order valence-corrected chi connectivity index (χ4v) is 1.26. The number of hydrogen-bond donors (Lipinski definition) is 1. The summed E-state index contributed by atoms with van der Waals surface area (Å²) in [5.41, 5.74) is 2.46. The molecule has 0 bridgehead atoms. The van der Waals surface area contributed by atoms with Crippen molar-refractivity contribution in [1.82, 2.24) is 0 Å². The number of alkyl halides is 3. The van der Waals surface area contributed by atoms with Gasteiger partial charge in [0.05, 0.1) is 11.1 Å². The Morgan fingerprint density at radius 1 is 1.24 bits per heavy atom. The predicted molar refractivity (Wildman–Crippen MR) is 54.0 cm³/mol. The van der Waals surface area contributed by atoms with E-state index in [1.807, 2.05) is 0 Å². The van der Waals surface area contributed by atoms with Crippen LogP contribution in [0.3, 0.4) is 0 Å². The maximum absolute atomic E-state index is 13.0. The number of benzene rings is 1. The lowest BCUT2D eigenvalue weighted by Gasteiger charge is -2.17. The van der Waals surface area contributed by atoms with Crippen LogP contribution >= 0.6 is 0 Å². The molecular weight excluding hydrogens is 238 g/mol. The summed E-state index contributed by atoms with van der Waals surface area (Å²) in [5, 5.41) is 0. The van der Waals surface area contributed by atoms with Gasteiger partial charge >= 0.3 is 6.18 Å². The third-order valence-corrected chi connectivity index (χ3v) is 2.12. The minimum absolute atomic E-state index is 0.258. The van der Waals surface area contributed by atoms with E-state index < -0.39 is 28.9 Å². The predicted octanol–water partition coefficient (Wildman–Crippen LogP) is 2.76. The van der Waals surface area contributed by atoms with Crippen molar-refractivity contribution in [1.29, 1.82) is 0 Å². The number of Topliss-reactive ketones (excluding diaryl/α,β-unsaturated/α-hetero) is 1. The maximum atomic E-state index is 13.0. The first-order valence-corrected chi connectivity index (χ1v) is 4.74. The van der Waals surface area contributed by atoms with Crippen molar-refractivity contribution >= 4 is 5.78 Å². The zero-order valence-corrected chi connectivity index (χ0v) is 9.23. The highest BCUT2D eigenvalue weighted by Crippen LogP contribution is 2.32. The number of halogens is 4. The molecule has 0 saturated heterocycles. The van der Waals surface area contributed by atoms with Crippen LogP contribution in [0.25, 0.3) is 0 Å². The maximum Gasteiger partial charge on any atom is 0.419 e. The number of rotatable bonds is 2. The van der Waals surface area contributed by atoms with Crippen molar-refractivity contribution in [2.75, 3.05) is 0 Å². The summed E-state index contributed by atoms with van der Waals surface area (Å²) in [6, 6.07) is 2.08. The van der Waals surface area contributed by atoms with Crippen LogP contribution in [0.5, 0.6) is 0 Å². The summed E-state index contributed by atoms with van der Waals surface area (Å²) in [7, 11) is 0. The molecule has 0 heterocycles. The van der Waals surface area contributed by atoms with Gasteiger partial charge in [-0.25, -0.2) is 4.39 Å². The highest BCUT2D eigenvalue weighted by molar-refractivity contribution is 6.02. The van der Waals surface area contributed by atoms with Crippen LogP contribution in [0.2, 0.25) is 0 Å². The molecule has 0 aliphatic carbocycles. The molecular formula is C11H11F4NO. The molecule has 0 amide bonds. The van der Waals surface area contributed by atoms with E-state index in [4.69, 9.17) is 5.73 Å². The first-order chi connectivity index (χ1) is 7.53. The van der Waals surface area contributed by atoms with Gasteiger partial charge in [0.1, 0.15) is 5.82 Å². The average molecular weight is 249 g/mol. The molecule has 0 aliphatic heterocycles. The Bertz CT molecular complexity index is 446. The lowest BCUT2D eigenvalue weighted by molar-refractivity contribution is -0.140. The van der Waals surface area contributed by atoms with Gasteiger partial charge in [-0.1, -0.05) is 0 Å². The fraction of sp³-hybridized carbons (Fsp3) is 0.364. The van der Waals surface area contributed by atoms with Crippen molar-refractivity contribution < 1.29 is 22.4 Å². The van der Waals surface area contributed by atoms with E-state index in [2.05, 4.69) is 0 Å². The number of nitrogens with two attached hydrogens (primary N) is 1. The number of carbonyl (C=O) groups excluding carboxylic acids is 1. The zero-order chi connectivity index (χ0) is 13.4. The monoisotopic (exact) mass is 249 g/mol. The Labute approximate surface area is 95.4 Å². The second-order valence-electron chi connectivity index (χ2n) is 4.24. The average Bonchev–Trinajstić information content (AvgIpc) is 2.14. The van der Waals surface area contributed by atoms with Gasteiger partial charge < -0.3 is 5.73 Å². The van der Waals surface area contributed by atoms with Crippen molar-refractivity contribution in [3.8, 4) is 0 Å². The molecule has 0 aliphatic rings. The van der Waals surface area contributed by atoms with Gasteiger partial charge in [-0.2, -0.15) is 13.2 Å². The summed E-state index contributed by atoms with van der Waals surface area (Å²) in [6.45, 7) is 2.73. The van der Waals surface area contributed by atoms with Gasteiger partial charge in [-0.05, 0) is 32.0 Å². The van der Waals surface area contributed by atoms with Gasteiger partial charge in [-0.3, -0.25) is 4.79 Å². The second kappa shape index (κ2) is 4.10. The Balaban J connectivity index is 3.28. The molecule has 0 atom stereocenters. The van der Waals surface area contributed by atoms with Gasteiger partial charge in [0.25, 0.3) is 0 Å². The van der Waals surface area contributed by atoms with Crippen LogP contribution in [0, 0.1) is 5.82 Å². The van der Waals surface area contributed by atoms with E-state index in [9.17, 15) is 22.4 Å². The van der Waals surface area contributed by atoms with E-state index in [0.29, 0.717) is 12.1 Å². The zero-order valence-electron chi connectivity index (χ0n) is 9.23. The summed E-state index contributed by atoms with van der Waals surface area (Å²) in [6.07, 6.45) is -4.83. The highest BCUT2D eigenvalue weighted by Gasteiger charge is 2.35. The molecule has 0 fully saturated rings. The molecule has 2 N–H and O–H groups in total. The lowest BCUT2D eigenvalue weighted by Crippen LogP contribution is -2.41. The molecule has 6 heteroatoms. The first kappa shape index (κ1) is 13.6. The largest absolute Gasteiger partial charge is 0.419 e. The SMILES string of the molecule is CC(C)(N)C(=O)c1ccc(F)c(C(F)(F)F)c1. The van der Waals surface area contributed by atoms with Crippen molar-refractivity contribution in [2.45, 2.75) is 25.6 Å². The standard InChI is InChI=1S/C11H11F4NO/c1-10(2,16)9(17)6-3-4-8(12)7(5-6)11(13,14)15/h3-5H,16H2,1-2H3. The summed E-state index contributed by atoms with van der Waals surface area (Å²) in [5.74, 6) is -2.09. The minimum Gasteiger partial charge on any atom is -0.319 e. The molecule has 0 spiro atoms. The Hall–Kier alpha value is -1.43. The van der Waals surface area contributed by atoms with Gasteiger partial charge in [0, 0.05) is 5.56 Å². The molecule has 1 aromatic rings. The number of hydrogen-bond acceptors (Lipinski definition) is 2. The number of ketones is 1. The Morgan fingerprint density at radius 3 is 2.18 bits per heavy atom. The molecule has 0 saturated carbocycles. The molecule has 0 radical (unpaired) electrons. The molecule has 2 nitrogen and oxygen atoms in total. The van der Waals surface area contributed by atoms with Gasteiger partial charge in [-0.15, -0.1) is 0 Å². The smallest absolute Gasteiger partial charge is 0.319 e. The van der Waals surface area contributed by atoms with Crippen LogP contribution in [0.1, 0.15) is 29.8 Å². The molecule has 17 heavy (non-hydrogen) atoms. The van der Waals surface area contributed by atoms with Gasteiger partial charge in [0.2, 0.25) is 0 Å².